The van der Waals surface area contributed by atoms with Gasteiger partial charge in [0.25, 0.3) is 5.91 Å². The second kappa shape index (κ2) is 9.95. The van der Waals surface area contributed by atoms with Gasteiger partial charge in [0, 0.05) is 19.0 Å². The maximum Gasteiger partial charge on any atom is 0.281 e. The predicted octanol–water partition coefficient (Wildman–Crippen LogP) is 0.0521. The number of nitrogens with zero attached hydrogens (tertiary/aromatic N) is 2. The zero-order valence-corrected chi connectivity index (χ0v) is 18.7. The van der Waals surface area contributed by atoms with Crippen molar-refractivity contribution in [2.75, 3.05) is 18.1 Å². The van der Waals surface area contributed by atoms with Crippen LogP contribution in [-0.2, 0) is 19.2 Å². The first-order valence-electron chi connectivity index (χ1n) is 10.7. The minimum atomic E-state index is -1.47. The Bertz CT molecular complexity index is 888. The lowest BCUT2D eigenvalue weighted by Crippen LogP contribution is -2.64. The van der Waals surface area contributed by atoms with Gasteiger partial charge in [-0.3, -0.25) is 9.59 Å². The quantitative estimate of drug-likeness (QED) is 0.431. The van der Waals surface area contributed by atoms with E-state index in [1.807, 2.05) is 25.1 Å². The summed E-state index contributed by atoms with van der Waals surface area (Å²) in [7, 11) is 0. The van der Waals surface area contributed by atoms with Gasteiger partial charge in [-0.05, 0) is 31.4 Å². The number of anilines is 1. The van der Waals surface area contributed by atoms with Crippen LogP contribution in [0.15, 0.2) is 23.4 Å². The van der Waals surface area contributed by atoms with E-state index in [4.69, 9.17) is 9.57 Å². The molecule has 0 unspecified atom stereocenters. The molecule has 0 bridgehead atoms. The molecule has 4 N–H and O–H groups in total. The number of benzene rings is 1. The molecule has 1 aromatic rings. The molecule has 10 heteroatoms. The molecule has 176 valence electrons. The lowest BCUT2D eigenvalue weighted by molar-refractivity contribution is -0.270. The van der Waals surface area contributed by atoms with E-state index >= 15 is 0 Å². The highest BCUT2D eigenvalue weighted by Crippen LogP contribution is 2.31. The first-order chi connectivity index (χ1) is 15.1. The second-order valence-electron chi connectivity index (χ2n) is 8.64. The van der Waals surface area contributed by atoms with E-state index in [0.717, 1.165) is 17.7 Å². The molecule has 0 spiro atoms. The van der Waals surface area contributed by atoms with E-state index in [0.29, 0.717) is 18.0 Å². The highest BCUT2D eigenvalue weighted by molar-refractivity contribution is 6.54. The van der Waals surface area contributed by atoms with E-state index < -0.39 is 43.2 Å². The summed E-state index contributed by atoms with van der Waals surface area (Å²) in [5, 5.41) is 36.5. The van der Waals surface area contributed by atoms with Crippen molar-refractivity contribution in [1.29, 1.82) is 0 Å². The molecule has 10 nitrogen and oxygen atoms in total. The number of aliphatic hydroxyl groups excluding tert-OH is 3. The van der Waals surface area contributed by atoms with Crippen LogP contribution in [0.2, 0.25) is 0 Å². The molecular formula is C22H31N3O7. The number of amides is 2. The zero-order valence-electron chi connectivity index (χ0n) is 18.7. The minimum Gasteiger partial charge on any atom is -0.394 e. The van der Waals surface area contributed by atoms with E-state index in [1.54, 1.807) is 4.90 Å². The molecule has 0 aliphatic carbocycles. The van der Waals surface area contributed by atoms with Crippen molar-refractivity contribution in [3.63, 3.8) is 0 Å². The number of aliphatic hydroxyl groups is 3. The number of aryl methyl sites for hydroxylation is 1. The lowest BCUT2D eigenvalue weighted by atomic mass is 9.97. The van der Waals surface area contributed by atoms with Gasteiger partial charge in [0.15, 0.2) is 5.71 Å². The SMILES string of the molecule is CC(=O)N[C@@H]1[C@H](O/N=C2\C(=O)N(CCC(C)C)c3ccc(C)cc32)O[C@@H](CO)[C@@H](O)[C@H]1O. The van der Waals surface area contributed by atoms with Crippen molar-refractivity contribution in [1.82, 2.24) is 5.32 Å². The van der Waals surface area contributed by atoms with Gasteiger partial charge in [0.1, 0.15) is 24.4 Å². The Balaban J connectivity index is 1.89. The number of oxime groups is 1. The molecule has 0 saturated carbocycles. The third-order valence-corrected chi connectivity index (χ3v) is 5.57. The third kappa shape index (κ3) is 4.93. The topological polar surface area (TPSA) is 141 Å². The number of nitrogens with one attached hydrogen (secondary N) is 1. The summed E-state index contributed by atoms with van der Waals surface area (Å²) in [6.45, 7) is 7.25. The van der Waals surface area contributed by atoms with Crippen molar-refractivity contribution >= 4 is 23.2 Å². The van der Waals surface area contributed by atoms with Gasteiger partial charge < -0.3 is 35.1 Å². The highest BCUT2D eigenvalue weighted by Gasteiger charge is 2.46. The maximum atomic E-state index is 13.1. The van der Waals surface area contributed by atoms with Crippen LogP contribution < -0.4 is 10.2 Å². The van der Waals surface area contributed by atoms with Crippen LogP contribution in [0.1, 0.15) is 38.3 Å². The Morgan fingerprint density at radius 2 is 2.03 bits per heavy atom. The largest absolute Gasteiger partial charge is 0.394 e. The van der Waals surface area contributed by atoms with E-state index in [2.05, 4.69) is 24.3 Å². The van der Waals surface area contributed by atoms with Crippen molar-refractivity contribution < 1.29 is 34.5 Å². The van der Waals surface area contributed by atoms with Crippen LogP contribution in [0.5, 0.6) is 0 Å². The Kier molecular flexibility index (Phi) is 7.50. The molecular weight excluding hydrogens is 418 g/mol. The van der Waals surface area contributed by atoms with Crippen LogP contribution >= 0.6 is 0 Å². The van der Waals surface area contributed by atoms with Gasteiger partial charge in [0.05, 0.1) is 12.3 Å². The molecule has 0 radical (unpaired) electrons. The predicted molar refractivity (Wildman–Crippen MR) is 116 cm³/mol. The van der Waals surface area contributed by atoms with Gasteiger partial charge in [-0.2, -0.15) is 0 Å². The molecule has 5 atom stereocenters. The van der Waals surface area contributed by atoms with Crippen LogP contribution in [0.3, 0.4) is 0 Å². The fourth-order valence-corrected chi connectivity index (χ4v) is 3.79. The van der Waals surface area contributed by atoms with Crippen molar-refractivity contribution in [2.24, 2.45) is 11.1 Å². The van der Waals surface area contributed by atoms with E-state index in [1.165, 1.54) is 6.92 Å². The average Bonchev–Trinajstić information content (AvgIpc) is 2.99. The average molecular weight is 450 g/mol. The Labute approximate surface area is 186 Å². The summed E-state index contributed by atoms with van der Waals surface area (Å²) in [6, 6.07) is 4.47. The molecule has 1 fully saturated rings. The van der Waals surface area contributed by atoms with Gasteiger partial charge in [0.2, 0.25) is 12.2 Å². The maximum absolute atomic E-state index is 13.1. The molecule has 2 aliphatic rings. The molecule has 2 amide bonds. The van der Waals surface area contributed by atoms with Crippen molar-refractivity contribution in [3.8, 4) is 0 Å². The summed E-state index contributed by atoms with van der Waals surface area (Å²) >= 11 is 0. The summed E-state index contributed by atoms with van der Waals surface area (Å²) in [6.07, 6.45) is -4.56. The fourth-order valence-electron chi connectivity index (χ4n) is 3.79. The number of rotatable bonds is 7. The smallest absolute Gasteiger partial charge is 0.281 e. The van der Waals surface area contributed by atoms with Gasteiger partial charge in [-0.15, -0.1) is 0 Å². The summed E-state index contributed by atoms with van der Waals surface area (Å²) < 4.78 is 5.52. The van der Waals surface area contributed by atoms with E-state index in [-0.39, 0.29) is 11.6 Å². The van der Waals surface area contributed by atoms with Crippen molar-refractivity contribution in [2.45, 2.75) is 64.8 Å². The molecule has 0 aromatic heterocycles. The number of carbonyl (C=O) groups is 2. The standard InChI is InChI=1S/C22H31N3O7/c1-11(2)7-8-25-15-6-5-12(3)9-14(15)17(21(25)30)24-32-22-18(23-13(4)27)20(29)19(28)16(10-26)31-22/h5-6,9,11,16,18-20,22,26,28-29H,7-8,10H2,1-4H3,(H,23,27)/b24-17-/t16-,18-,19+,20-,22-/m0/s1. The normalized spacial score (nSPS) is 28.9. The van der Waals surface area contributed by atoms with Gasteiger partial charge >= 0.3 is 0 Å². The Morgan fingerprint density at radius 1 is 1.31 bits per heavy atom. The lowest BCUT2D eigenvalue weighted by Gasteiger charge is -2.40. The number of fused-ring (bicyclic) bond motifs is 1. The molecule has 2 aliphatic heterocycles. The fraction of sp³-hybridized carbons (Fsp3) is 0.591. The number of carbonyl (C=O) groups excluding carboxylic acids is 2. The molecule has 1 saturated heterocycles. The molecule has 1 aromatic carbocycles. The second-order valence-corrected chi connectivity index (χ2v) is 8.64. The molecule has 2 heterocycles. The third-order valence-electron chi connectivity index (χ3n) is 5.57. The number of hydrogen-bond acceptors (Lipinski definition) is 8. The highest BCUT2D eigenvalue weighted by atomic mass is 16.8. The monoisotopic (exact) mass is 449 g/mol. The summed E-state index contributed by atoms with van der Waals surface area (Å²) in [4.78, 5) is 31.9. The van der Waals surface area contributed by atoms with Crippen LogP contribution in [-0.4, -0.2) is 76.6 Å². The minimum absolute atomic E-state index is 0.0822. The molecule has 3 rings (SSSR count). The first kappa shape index (κ1) is 24.1. The molecule has 32 heavy (non-hydrogen) atoms. The van der Waals surface area contributed by atoms with Crippen molar-refractivity contribution in [3.05, 3.63) is 29.3 Å². The zero-order chi connectivity index (χ0) is 23.6. The summed E-state index contributed by atoms with van der Waals surface area (Å²) in [5.41, 5.74) is 2.37. The first-order valence-corrected chi connectivity index (χ1v) is 10.7. The van der Waals surface area contributed by atoms with Gasteiger partial charge in [-0.25, -0.2) is 0 Å². The number of hydrogen-bond donors (Lipinski definition) is 4. The van der Waals surface area contributed by atoms with E-state index in [9.17, 15) is 24.9 Å². The van der Waals surface area contributed by atoms with Gasteiger partial charge in [-0.1, -0.05) is 30.6 Å². The summed E-state index contributed by atoms with van der Waals surface area (Å²) in [5.74, 6) is -0.393. The number of ether oxygens (including phenoxy) is 1. The Hall–Kier alpha value is -2.53. The van der Waals surface area contributed by atoms with Crippen LogP contribution in [0.25, 0.3) is 0 Å². The Morgan fingerprint density at radius 3 is 2.66 bits per heavy atom. The van der Waals surface area contributed by atoms with Crippen LogP contribution in [0, 0.1) is 12.8 Å². The van der Waals surface area contributed by atoms with Crippen LogP contribution in [0.4, 0.5) is 5.69 Å².